The molecule has 0 saturated carbocycles. The number of carbonyl (C=O) groups excluding carboxylic acids is 4. The zero-order valence-electron chi connectivity index (χ0n) is 33.3. The van der Waals surface area contributed by atoms with Crippen LogP contribution >= 0.6 is 0 Å². The first-order valence-corrected chi connectivity index (χ1v) is 19.0. The van der Waals surface area contributed by atoms with Gasteiger partial charge >= 0.3 is 18.2 Å². The van der Waals surface area contributed by atoms with Crippen LogP contribution < -0.4 is 10.7 Å². The highest BCUT2D eigenvalue weighted by Crippen LogP contribution is 2.23. The Morgan fingerprint density at radius 2 is 1.71 bits per heavy atom. The predicted molar refractivity (Wildman–Crippen MR) is 209 cm³/mol. The average molecular weight is 759 g/mol. The van der Waals surface area contributed by atoms with Crippen LogP contribution in [-0.4, -0.2) is 117 Å². The van der Waals surface area contributed by atoms with E-state index in [2.05, 4.69) is 20.7 Å². The first kappa shape index (κ1) is 42.7. The lowest BCUT2D eigenvalue weighted by Crippen LogP contribution is -2.59. The average Bonchev–Trinajstić information content (AvgIpc) is 3.51. The van der Waals surface area contributed by atoms with Crippen molar-refractivity contribution in [1.29, 1.82) is 0 Å². The van der Waals surface area contributed by atoms with Crippen molar-refractivity contribution in [3.05, 3.63) is 95.6 Å². The van der Waals surface area contributed by atoms with Gasteiger partial charge in [-0.25, -0.2) is 24.3 Å². The molecule has 0 spiro atoms. The number of pyridine rings is 2. The SMILES string of the molecule is CCC(C)C(C(=O)NC(Cc1ccccc1)C(O)CN(Cc1ccncc1)NC(=O)N(CC(C)(C)C)C(=O)OC)N1CCN(CCc2cccc(C)n2)C1=O. The number of ether oxygens (including phenoxy) is 1. The zero-order chi connectivity index (χ0) is 40.1. The first-order valence-electron chi connectivity index (χ1n) is 19.0. The monoisotopic (exact) mass is 758 g/mol. The van der Waals surface area contributed by atoms with E-state index in [0.717, 1.165) is 27.4 Å². The molecule has 1 aromatic carbocycles. The molecule has 1 aliphatic heterocycles. The van der Waals surface area contributed by atoms with Gasteiger partial charge in [-0.05, 0) is 60.1 Å². The molecule has 1 fully saturated rings. The van der Waals surface area contributed by atoms with Crippen LogP contribution in [0.5, 0.6) is 0 Å². The number of carbonyl (C=O) groups is 4. The van der Waals surface area contributed by atoms with E-state index in [0.29, 0.717) is 32.5 Å². The van der Waals surface area contributed by atoms with Gasteiger partial charge in [0.2, 0.25) is 5.91 Å². The van der Waals surface area contributed by atoms with E-state index in [4.69, 9.17) is 4.74 Å². The summed E-state index contributed by atoms with van der Waals surface area (Å²) in [5.74, 6) is -0.539. The lowest BCUT2D eigenvalue weighted by atomic mass is 9.95. The van der Waals surface area contributed by atoms with Crippen molar-refractivity contribution in [2.24, 2.45) is 11.3 Å². The fourth-order valence-electron chi connectivity index (χ4n) is 6.62. The number of methoxy groups -OCH3 is 1. The van der Waals surface area contributed by atoms with E-state index in [9.17, 15) is 24.3 Å². The fraction of sp³-hybridized carbons (Fsp3) is 0.512. The molecule has 1 saturated heterocycles. The highest BCUT2D eigenvalue weighted by atomic mass is 16.5. The molecular formula is C41H58N8O6. The number of rotatable bonds is 17. The summed E-state index contributed by atoms with van der Waals surface area (Å²) in [7, 11) is 1.21. The van der Waals surface area contributed by atoms with E-state index < -0.39 is 35.7 Å². The topological polar surface area (TPSA) is 161 Å². The van der Waals surface area contributed by atoms with Crippen molar-refractivity contribution < 1.29 is 29.0 Å². The first-order chi connectivity index (χ1) is 26.2. The third-order valence-corrected chi connectivity index (χ3v) is 9.65. The van der Waals surface area contributed by atoms with Gasteiger partial charge in [-0.15, -0.1) is 0 Å². The van der Waals surface area contributed by atoms with Gasteiger partial charge in [-0.2, -0.15) is 0 Å². The molecular weight excluding hydrogens is 701 g/mol. The summed E-state index contributed by atoms with van der Waals surface area (Å²) in [5.41, 5.74) is 5.87. The molecule has 3 heterocycles. The second kappa shape index (κ2) is 20.0. The Bertz CT molecular complexity index is 1710. The maximum absolute atomic E-state index is 14.4. The van der Waals surface area contributed by atoms with E-state index in [1.807, 2.05) is 90.1 Å². The third kappa shape index (κ3) is 12.7. The normalized spacial score (nSPS) is 15.3. The summed E-state index contributed by atoms with van der Waals surface area (Å²) in [6, 6.07) is 16.4. The maximum Gasteiger partial charge on any atom is 0.417 e. The number of aromatic nitrogens is 2. The summed E-state index contributed by atoms with van der Waals surface area (Å²) in [6.07, 6.45) is 2.76. The Hall–Kier alpha value is -5.08. The molecule has 4 atom stereocenters. The standard InChI is InChI=1S/C41H58N8O6/c1-8-29(2)36(48-24-23-46(39(48)53)22-19-33-16-12-13-30(3)43-33)37(51)44-34(25-31-14-10-9-11-15-31)35(50)27-47(26-32-17-20-42-21-18-32)45-38(52)49(40(54)55-7)28-41(4,5)6/h9-18,20-21,29,34-36,50H,8,19,22-28H2,1-7H3,(H,44,51)(H,45,52). The van der Waals surface area contributed by atoms with Crippen LogP contribution in [0.15, 0.2) is 73.1 Å². The number of amides is 6. The molecule has 3 aromatic rings. The van der Waals surface area contributed by atoms with Crippen LogP contribution in [0.3, 0.4) is 0 Å². The number of aliphatic hydroxyl groups excluding tert-OH is 1. The van der Waals surface area contributed by atoms with Gasteiger partial charge in [-0.3, -0.25) is 20.2 Å². The second-order valence-electron chi connectivity index (χ2n) is 15.5. The summed E-state index contributed by atoms with van der Waals surface area (Å²) >= 11 is 0. The number of nitrogens with zero attached hydrogens (tertiary/aromatic N) is 6. The number of hydrogen-bond donors (Lipinski definition) is 3. The van der Waals surface area contributed by atoms with Crippen LogP contribution in [0.4, 0.5) is 14.4 Å². The van der Waals surface area contributed by atoms with E-state index >= 15 is 0 Å². The van der Waals surface area contributed by atoms with Crippen molar-refractivity contribution >= 4 is 24.1 Å². The number of nitrogens with one attached hydrogen (secondary N) is 2. The fourth-order valence-corrected chi connectivity index (χ4v) is 6.62. The number of urea groups is 2. The molecule has 14 heteroatoms. The molecule has 298 valence electrons. The number of benzene rings is 1. The number of aryl methyl sites for hydroxylation is 1. The second-order valence-corrected chi connectivity index (χ2v) is 15.5. The van der Waals surface area contributed by atoms with Crippen molar-refractivity contribution in [1.82, 2.24) is 40.4 Å². The molecule has 0 bridgehead atoms. The Morgan fingerprint density at radius 1 is 1.00 bits per heavy atom. The van der Waals surface area contributed by atoms with Gasteiger partial charge in [0.1, 0.15) is 6.04 Å². The quantitative estimate of drug-likeness (QED) is 0.164. The van der Waals surface area contributed by atoms with Crippen LogP contribution in [0.1, 0.15) is 63.6 Å². The lowest BCUT2D eigenvalue weighted by molar-refractivity contribution is -0.128. The Labute approximate surface area is 325 Å². The minimum absolute atomic E-state index is 0.0797. The van der Waals surface area contributed by atoms with E-state index in [1.54, 1.807) is 34.3 Å². The summed E-state index contributed by atoms with van der Waals surface area (Å²) < 4.78 is 4.92. The van der Waals surface area contributed by atoms with Crippen LogP contribution in [0.25, 0.3) is 0 Å². The minimum Gasteiger partial charge on any atom is -0.452 e. The number of aliphatic hydroxyl groups is 1. The Kier molecular flexibility index (Phi) is 15.5. The van der Waals surface area contributed by atoms with Gasteiger partial charge in [0.05, 0.1) is 19.3 Å². The number of hydrazine groups is 1. The summed E-state index contributed by atoms with van der Waals surface area (Å²) in [4.78, 5) is 67.6. The van der Waals surface area contributed by atoms with Gasteiger partial charge in [0.25, 0.3) is 0 Å². The number of imide groups is 1. The molecule has 3 N–H and O–H groups in total. The largest absolute Gasteiger partial charge is 0.452 e. The van der Waals surface area contributed by atoms with E-state index in [1.165, 1.54) is 12.1 Å². The van der Waals surface area contributed by atoms with Crippen LogP contribution in [0.2, 0.25) is 0 Å². The summed E-state index contributed by atoms with van der Waals surface area (Å²) in [6.45, 7) is 13.1. The van der Waals surface area contributed by atoms with Crippen LogP contribution in [0, 0.1) is 18.3 Å². The molecule has 4 rings (SSSR count). The third-order valence-electron chi connectivity index (χ3n) is 9.65. The Balaban J connectivity index is 1.57. The summed E-state index contributed by atoms with van der Waals surface area (Å²) in [5, 5.41) is 16.6. The molecule has 0 aliphatic carbocycles. The smallest absolute Gasteiger partial charge is 0.417 e. The number of hydrogen-bond acceptors (Lipinski definition) is 9. The van der Waals surface area contributed by atoms with Gasteiger partial charge in [0, 0.05) is 69.5 Å². The molecule has 1 aliphatic rings. The van der Waals surface area contributed by atoms with E-state index in [-0.39, 0.29) is 43.9 Å². The van der Waals surface area contributed by atoms with Crippen molar-refractivity contribution in [3.63, 3.8) is 0 Å². The molecule has 2 aromatic heterocycles. The highest BCUT2D eigenvalue weighted by molar-refractivity contribution is 5.90. The maximum atomic E-state index is 14.4. The molecule has 55 heavy (non-hydrogen) atoms. The molecule has 0 radical (unpaired) electrons. The Morgan fingerprint density at radius 3 is 2.35 bits per heavy atom. The highest BCUT2D eigenvalue weighted by Gasteiger charge is 2.41. The van der Waals surface area contributed by atoms with Gasteiger partial charge < -0.3 is 25.0 Å². The molecule has 4 unspecified atom stereocenters. The van der Waals surface area contributed by atoms with Gasteiger partial charge in [0.15, 0.2) is 0 Å². The van der Waals surface area contributed by atoms with Crippen molar-refractivity contribution in [2.45, 2.75) is 85.5 Å². The van der Waals surface area contributed by atoms with Crippen molar-refractivity contribution in [2.75, 3.05) is 39.8 Å². The van der Waals surface area contributed by atoms with Crippen LogP contribution in [-0.2, 0) is 28.9 Å². The molecule has 14 nitrogen and oxygen atoms in total. The predicted octanol–water partition coefficient (Wildman–Crippen LogP) is 4.81. The zero-order valence-corrected chi connectivity index (χ0v) is 33.3. The van der Waals surface area contributed by atoms with Crippen molar-refractivity contribution in [3.8, 4) is 0 Å². The minimum atomic E-state index is -1.20. The molecule has 6 amide bonds. The van der Waals surface area contributed by atoms with Gasteiger partial charge in [-0.1, -0.05) is 77.4 Å². The lowest BCUT2D eigenvalue weighted by Gasteiger charge is -2.35.